The summed E-state index contributed by atoms with van der Waals surface area (Å²) in [5, 5.41) is 6.50. The second-order valence-corrected chi connectivity index (χ2v) is 4.73. The number of hydrogen-bond donors (Lipinski definition) is 2. The highest BCUT2D eigenvalue weighted by Crippen LogP contribution is 2.20. The van der Waals surface area contributed by atoms with Crippen molar-refractivity contribution in [2.45, 2.75) is 18.9 Å². The van der Waals surface area contributed by atoms with E-state index in [1.54, 1.807) is 12.1 Å². The van der Waals surface area contributed by atoms with Gasteiger partial charge in [0.1, 0.15) is 0 Å². The van der Waals surface area contributed by atoms with E-state index in [1.165, 1.54) is 0 Å². The maximum absolute atomic E-state index is 11.7. The minimum Gasteiger partial charge on any atom is -0.380 e. The van der Waals surface area contributed by atoms with Crippen LogP contribution in [0.4, 0.5) is 5.69 Å². The third-order valence-corrected chi connectivity index (χ3v) is 3.19. The molecule has 1 saturated heterocycles. The van der Waals surface area contributed by atoms with E-state index in [-0.39, 0.29) is 18.5 Å². The van der Waals surface area contributed by atoms with Crippen molar-refractivity contribution in [3.63, 3.8) is 0 Å². The fourth-order valence-corrected chi connectivity index (χ4v) is 2.08. The smallest absolute Gasteiger partial charge is 0.238 e. The van der Waals surface area contributed by atoms with Gasteiger partial charge in [0.05, 0.1) is 23.9 Å². The summed E-state index contributed by atoms with van der Waals surface area (Å²) in [5.41, 5.74) is 0.644. The molecule has 1 aromatic carbocycles. The second kappa shape index (κ2) is 6.73. The number of rotatable bonds is 4. The molecule has 1 aliphatic rings. The van der Waals surface area contributed by atoms with E-state index in [0.717, 1.165) is 19.4 Å². The van der Waals surface area contributed by atoms with Crippen LogP contribution >= 0.6 is 11.6 Å². The van der Waals surface area contributed by atoms with Gasteiger partial charge in [0, 0.05) is 12.6 Å². The van der Waals surface area contributed by atoms with Gasteiger partial charge in [0.2, 0.25) is 5.91 Å². The summed E-state index contributed by atoms with van der Waals surface area (Å²) in [6.45, 7) is 1.78. The van der Waals surface area contributed by atoms with E-state index < -0.39 is 0 Å². The Morgan fingerprint density at radius 3 is 3.00 bits per heavy atom. The van der Waals surface area contributed by atoms with Crippen molar-refractivity contribution in [1.29, 1.82) is 0 Å². The van der Waals surface area contributed by atoms with Crippen LogP contribution in [0.1, 0.15) is 12.8 Å². The topological polar surface area (TPSA) is 50.4 Å². The zero-order valence-corrected chi connectivity index (χ0v) is 10.9. The number of nitrogens with one attached hydrogen (secondary N) is 2. The largest absolute Gasteiger partial charge is 0.380 e. The van der Waals surface area contributed by atoms with E-state index in [2.05, 4.69) is 10.6 Å². The lowest BCUT2D eigenvalue weighted by atomic mass is 10.1. The van der Waals surface area contributed by atoms with Crippen molar-refractivity contribution in [1.82, 2.24) is 5.32 Å². The SMILES string of the molecule is O=C(CNC1CCCOC1)Nc1ccccc1Cl. The first-order chi connectivity index (χ1) is 8.75. The minimum atomic E-state index is -0.0892. The lowest BCUT2D eigenvalue weighted by molar-refractivity contribution is -0.115. The van der Waals surface area contributed by atoms with Crippen molar-refractivity contribution >= 4 is 23.2 Å². The highest BCUT2D eigenvalue weighted by atomic mass is 35.5. The van der Waals surface area contributed by atoms with Crippen LogP contribution in [0.5, 0.6) is 0 Å². The zero-order valence-electron chi connectivity index (χ0n) is 10.1. The van der Waals surface area contributed by atoms with Crippen molar-refractivity contribution in [3.05, 3.63) is 29.3 Å². The Morgan fingerprint density at radius 1 is 1.44 bits per heavy atom. The van der Waals surface area contributed by atoms with Crippen LogP contribution in [0.25, 0.3) is 0 Å². The molecular weight excluding hydrogens is 252 g/mol. The van der Waals surface area contributed by atoms with Crippen molar-refractivity contribution in [2.75, 3.05) is 25.1 Å². The monoisotopic (exact) mass is 268 g/mol. The molecule has 5 heteroatoms. The quantitative estimate of drug-likeness (QED) is 0.879. The van der Waals surface area contributed by atoms with Crippen LogP contribution in [0.15, 0.2) is 24.3 Å². The fourth-order valence-electron chi connectivity index (χ4n) is 1.90. The van der Waals surface area contributed by atoms with E-state index >= 15 is 0 Å². The third-order valence-electron chi connectivity index (χ3n) is 2.86. The van der Waals surface area contributed by atoms with Crippen LogP contribution in [0.2, 0.25) is 5.02 Å². The molecule has 2 rings (SSSR count). The van der Waals surface area contributed by atoms with Gasteiger partial charge in [-0.05, 0) is 25.0 Å². The Kier molecular flexibility index (Phi) is 4.99. The van der Waals surface area contributed by atoms with Gasteiger partial charge in [-0.15, -0.1) is 0 Å². The van der Waals surface area contributed by atoms with E-state index in [4.69, 9.17) is 16.3 Å². The van der Waals surface area contributed by atoms with Gasteiger partial charge in [-0.2, -0.15) is 0 Å². The standard InChI is InChI=1S/C13H17ClN2O2/c14-11-5-1-2-6-12(11)16-13(17)8-15-10-4-3-7-18-9-10/h1-2,5-6,10,15H,3-4,7-9H2,(H,16,17). The predicted octanol–water partition coefficient (Wildman–Crippen LogP) is 2.05. The molecule has 4 nitrogen and oxygen atoms in total. The van der Waals surface area contributed by atoms with E-state index in [0.29, 0.717) is 17.3 Å². The maximum atomic E-state index is 11.7. The van der Waals surface area contributed by atoms with Crippen molar-refractivity contribution in [3.8, 4) is 0 Å². The van der Waals surface area contributed by atoms with Crippen LogP contribution < -0.4 is 10.6 Å². The fraction of sp³-hybridized carbons (Fsp3) is 0.462. The number of hydrogen-bond acceptors (Lipinski definition) is 3. The Hall–Kier alpha value is -1.10. The summed E-state index contributed by atoms with van der Waals surface area (Å²) >= 11 is 5.96. The van der Waals surface area contributed by atoms with Gasteiger partial charge in [-0.25, -0.2) is 0 Å². The molecule has 2 N–H and O–H groups in total. The molecule has 18 heavy (non-hydrogen) atoms. The number of benzene rings is 1. The summed E-state index contributed by atoms with van der Waals surface area (Å²) in [6, 6.07) is 7.47. The third kappa shape index (κ3) is 3.98. The first-order valence-corrected chi connectivity index (χ1v) is 6.49. The molecular formula is C13H17ClN2O2. The Bertz CT molecular complexity index is 406. The summed E-state index contributed by atoms with van der Waals surface area (Å²) in [4.78, 5) is 11.7. The number of para-hydroxylation sites is 1. The molecule has 0 aliphatic carbocycles. The highest BCUT2D eigenvalue weighted by Gasteiger charge is 2.14. The van der Waals surface area contributed by atoms with Gasteiger partial charge in [-0.3, -0.25) is 4.79 Å². The summed E-state index contributed by atoms with van der Waals surface area (Å²) < 4.78 is 5.34. The lowest BCUT2D eigenvalue weighted by Crippen LogP contribution is -2.41. The van der Waals surface area contributed by atoms with Crippen LogP contribution in [-0.2, 0) is 9.53 Å². The molecule has 0 saturated carbocycles. The Morgan fingerprint density at radius 2 is 2.28 bits per heavy atom. The Balaban J connectivity index is 1.76. The molecule has 0 aromatic heterocycles. The molecule has 1 fully saturated rings. The van der Waals surface area contributed by atoms with E-state index in [1.807, 2.05) is 12.1 Å². The molecule has 0 bridgehead atoms. The molecule has 1 amide bonds. The molecule has 1 aromatic rings. The van der Waals surface area contributed by atoms with Gasteiger partial charge < -0.3 is 15.4 Å². The lowest BCUT2D eigenvalue weighted by Gasteiger charge is -2.22. The Labute approximate surface area is 112 Å². The van der Waals surface area contributed by atoms with Crippen LogP contribution in [0, 0.1) is 0 Å². The van der Waals surface area contributed by atoms with Gasteiger partial charge in [-0.1, -0.05) is 23.7 Å². The number of carbonyl (C=O) groups is 1. The van der Waals surface area contributed by atoms with Crippen LogP contribution in [0.3, 0.4) is 0 Å². The highest BCUT2D eigenvalue weighted by molar-refractivity contribution is 6.33. The van der Waals surface area contributed by atoms with Crippen molar-refractivity contribution < 1.29 is 9.53 Å². The molecule has 0 spiro atoms. The number of anilines is 1. The summed E-state index contributed by atoms with van der Waals surface area (Å²) in [6.07, 6.45) is 2.10. The normalized spacial score (nSPS) is 19.5. The molecule has 0 radical (unpaired) electrons. The van der Waals surface area contributed by atoms with E-state index in [9.17, 15) is 4.79 Å². The second-order valence-electron chi connectivity index (χ2n) is 4.32. The first-order valence-electron chi connectivity index (χ1n) is 6.11. The number of amides is 1. The number of ether oxygens (including phenoxy) is 1. The number of carbonyl (C=O) groups excluding carboxylic acids is 1. The molecule has 98 valence electrons. The average molecular weight is 269 g/mol. The predicted molar refractivity (Wildman–Crippen MR) is 71.9 cm³/mol. The minimum absolute atomic E-state index is 0.0892. The molecule has 1 aliphatic heterocycles. The molecule has 1 unspecified atom stereocenters. The van der Waals surface area contributed by atoms with Gasteiger partial charge in [0.15, 0.2) is 0 Å². The first kappa shape index (κ1) is 13.3. The van der Waals surface area contributed by atoms with Gasteiger partial charge in [0.25, 0.3) is 0 Å². The maximum Gasteiger partial charge on any atom is 0.238 e. The molecule has 1 atom stereocenters. The zero-order chi connectivity index (χ0) is 12.8. The number of halogens is 1. The van der Waals surface area contributed by atoms with Crippen LogP contribution in [-0.4, -0.2) is 31.7 Å². The summed E-state index contributed by atoms with van der Waals surface area (Å²) in [7, 11) is 0. The molecule has 1 heterocycles. The van der Waals surface area contributed by atoms with Gasteiger partial charge >= 0.3 is 0 Å². The summed E-state index contributed by atoms with van der Waals surface area (Å²) in [5.74, 6) is -0.0892. The average Bonchev–Trinajstić information content (AvgIpc) is 2.40. The van der Waals surface area contributed by atoms with Crippen molar-refractivity contribution in [2.24, 2.45) is 0 Å².